The molecule has 0 unspecified atom stereocenters. The van der Waals surface area contributed by atoms with Crippen LogP contribution in [0.4, 0.5) is 4.79 Å². The summed E-state index contributed by atoms with van der Waals surface area (Å²) in [7, 11) is 0. The minimum absolute atomic E-state index is 0.0259. The molecule has 4 aromatic rings. The van der Waals surface area contributed by atoms with Crippen molar-refractivity contribution in [3.05, 3.63) is 83.9 Å². The second kappa shape index (κ2) is 10.5. The second-order valence-electron chi connectivity index (χ2n) is 9.47. The van der Waals surface area contributed by atoms with Crippen LogP contribution in [0.25, 0.3) is 22.2 Å². The maximum atomic E-state index is 12.8. The summed E-state index contributed by atoms with van der Waals surface area (Å²) in [6, 6.07) is 24.1. The van der Waals surface area contributed by atoms with Gasteiger partial charge in [0.15, 0.2) is 5.11 Å². The smallest absolute Gasteiger partial charge is 0.407 e. The third-order valence-electron chi connectivity index (χ3n) is 6.47. The Bertz CT molecular complexity index is 1350. The molecule has 184 valence electrons. The number of rotatable bonds is 7. The fourth-order valence-electron chi connectivity index (χ4n) is 4.87. The molecule has 1 aliphatic carbocycles. The van der Waals surface area contributed by atoms with Crippen molar-refractivity contribution in [3.63, 3.8) is 0 Å². The second-order valence-corrected chi connectivity index (χ2v) is 9.86. The first kappa shape index (κ1) is 23.9. The van der Waals surface area contributed by atoms with Gasteiger partial charge in [0.25, 0.3) is 0 Å². The van der Waals surface area contributed by atoms with Crippen molar-refractivity contribution in [3.8, 4) is 11.1 Å². The van der Waals surface area contributed by atoms with Crippen LogP contribution in [0, 0.1) is 5.92 Å². The average Bonchev–Trinajstić information content (AvgIpc) is 3.45. The fraction of sp³-hybridized carbons (Fsp3) is 0.286. The molecule has 2 N–H and O–H groups in total. The van der Waals surface area contributed by atoms with Gasteiger partial charge in [-0.15, -0.1) is 5.10 Å². The number of nitrogens with one attached hydrogen (secondary N) is 2. The lowest BCUT2D eigenvalue weighted by atomic mass is 9.98. The number of ether oxygens (including phenoxy) is 1. The highest BCUT2D eigenvalue weighted by Gasteiger charge is 2.29. The lowest BCUT2D eigenvalue weighted by Gasteiger charge is -2.22. The molecule has 0 aliphatic heterocycles. The Labute approximate surface area is 215 Å². The first-order chi connectivity index (χ1) is 17.5. The minimum atomic E-state index is -0.429. The molecule has 8 heteroatoms. The van der Waals surface area contributed by atoms with Crippen LogP contribution in [0.1, 0.15) is 37.3 Å². The van der Waals surface area contributed by atoms with E-state index in [1.54, 1.807) is 4.68 Å². The van der Waals surface area contributed by atoms with Gasteiger partial charge in [-0.2, -0.15) is 4.68 Å². The van der Waals surface area contributed by atoms with Gasteiger partial charge in [0, 0.05) is 18.5 Å². The maximum absolute atomic E-state index is 12.8. The van der Waals surface area contributed by atoms with Crippen LogP contribution in [0.15, 0.2) is 72.8 Å². The third-order valence-corrected chi connectivity index (χ3v) is 6.78. The highest BCUT2D eigenvalue weighted by Crippen LogP contribution is 2.44. The Balaban J connectivity index is 1.21. The zero-order valence-electron chi connectivity index (χ0n) is 20.3. The minimum Gasteiger partial charge on any atom is -0.449 e. The van der Waals surface area contributed by atoms with Crippen LogP contribution < -0.4 is 10.6 Å². The summed E-state index contributed by atoms with van der Waals surface area (Å²) in [4.78, 5) is 12.8. The van der Waals surface area contributed by atoms with Crippen LogP contribution in [-0.2, 0) is 4.74 Å². The Morgan fingerprint density at radius 2 is 1.64 bits per heavy atom. The number of carbonyl (C=O) groups is 1. The summed E-state index contributed by atoms with van der Waals surface area (Å²) in [5, 5.41) is 15.0. The normalized spacial score (nSPS) is 13.3. The molecule has 1 aromatic heterocycles. The number of amides is 1. The molecule has 3 aromatic carbocycles. The number of hydrogen-bond acceptors (Lipinski definition) is 5. The summed E-state index contributed by atoms with van der Waals surface area (Å²) >= 11 is 5.55. The molecular formula is C28H29N5O2S. The van der Waals surface area contributed by atoms with Crippen LogP contribution in [0.5, 0.6) is 0 Å². The molecule has 7 nitrogen and oxygen atoms in total. The predicted molar refractivity (Wildman–Crippen MR) is 145 cm³/mol. The quantitative estimate of drug-likeness (QED) is 0.344. The van der Waals surface area contributed by atoms with Crippen LogP contribution >= 0.6 is 12.2 Å². The summed E-state index contributed by atoms with van der Waals surface area (Å²) in [6.07, 6.45) is 0.346. The van der Waals surface area contributed by atoms with E-state index in [9.17, 15) is 4.79 Å². The molecule has 36 heavy (non-hydrogen) atoms. The number of carbonyl (C=O) groups excluding carboxylic acids is 1. The SMILES string of the molecule is CC(C)C[C@@H](CNC(=S)n1nnc2ccccc21)NC(=O)OCC1c2ccccc2-c2ccccc21. The van der Waals surface area contributed by atoms with Gasteiger partial charge in [0.2, 0.25) is 0 Å². The van der Waals surface area contributed by atoms with Gasteiger partial charge in [0.05, 0.1) is 5.52 Å². The van der Waals surface area contributed by atoms with Gasteiger partial charge in [-0.1, -0.05) is 79.7 Å². The van der Waals surface area contributed by atoms with E-state index in [2.05, 4.69) is 59.1 Å². The average molecular weight is 500 g/mol. The van der Waals surface area contributed by atoms with E-state index in [1.807, 2.05) is 48.5 Å². The van der Waals surface area contributed by atoms with Gasteiger partial charge in [-0.25, -0.2) is 4.79 Å². The summed E-state index contributed by atoms with van der Waals surface area (Å²) < 4.78 is 7.35. The van der Waals surface area contributed by atoms with Crippen molar-refractivity contribution >= 4 is 34.5 Å². The van der Waals surface area contributed by atoms with Gasteiger partial charge < -0.3 is 15.4 Å². The van der Waals surface area contributed by atoms with E-state index >= 15 is 0 Å². The highest BCUT2D eigenvalue weighted by atomic mass is 32.1. The van der Waals surface area contributed by atoms with Crippen molar-refractivity contribution in [1.29, 1.82) is 0 Å². The van der Waals surface area contributed by atoms with Crippen molar-refractivity contribution in [2.45, 2.75) is 32.2 Å². The fourth-order valence-corrected chi connectivity index (χ4v) is 5.09. The summed E-state index contributed by atoms with van der Waals surface area (Å²) in [5.41, 5.74) is 6.41. The molecule has 5 rings (SSSR count). The molecule has 0 saturated carbocycles. The monoisotopic (exact) mass is 499 g/mol. The Kier molecular flexibility index (Phi) is 6.95. The number of aromatic nitrogens is 3. The lowest BCUT2D eigenvalue weighted by molar-refractivity contribution is 0.137. The van der Waals surface area contributed by atoms with E-state index in [-0.39, 0.29) is 18.6 Å². The van der Waals surface area contributed by atoms with Crippen LogP contribution in [0.3, 0.4) is 0 Å². The maximum Gasteiger partial charge on any atom is 0.407 e. The van der Waals surface area contributed by atoms with Crippen molar-refractivity contribution in [1.82, 2.24) is 25.6 Å². The molecule has 1 heterocycles. The van der Waals surface area contributed by atoms with E-state index in [1.165, 1.54) is 22.3 Å². The van der Waals surface area contributed by atoms with Gasteiger partial charge in [-0.3, -0.25) is 0 Å². The van der Waals surface area contributed by atoms with Crippen molar-refractivity contribution in [2.75, 3.05) is 13.2 Å². The van der Waals surface area contributed by atoms with Gasteiger partial charge in [-0.05, 0) is 58.9 Å². The first-order valence-corrected chi connectivity index (χ1v) is 12.6. The highest BCUT2D eigenvalue weighted by molar-refractivity contribution is 7.80. The van der Waals surface area contributed by atoms with Crippen LogP contribution in [-0.4, -0.2) is 45.4 Å². The number of nitrogens with zero attached hydrogens (tertiary/aromatic N) is 3. The largest absolute Gasteiger partial charge is 0.449 e. The Morgan fingerprint density at radius 3 is 2.33 bits per heavy atom. The molecule has 0 spiro atoms. The van der Waals surface area contributed by atoms with E-state index in [0.29, 0.717) is 17.6 Å². The number of hydrogen-bond donors (Lipinski definition) is 2. The number of thiocarbonyl (C=S) groups is 1. The van der Waals surface area contributed by atoms with E-state index < -0.39 is 6.09 Å². The van der Waals surface area contributed by atoms with Gasteiger partial charge in [0.1, 0.15) is 12.1 Å². The van der Waals surface area contributed by atoms with Crippen molar-refractivity contribution in [2.24, 2.45) is 5.92 Å². The van der Waals surface area contributed by atoms with Crippen LogP contribution in [0.2, 0.25) is 0 Å². The number of para-hydroxylation sites is 1. The number of alkyl carbamates (subject to hydrolysis) is 1. The molecule has 0 fully saturated rings. The zero-order valence-corrected chi connectivity index (χ0v) is 21.2. The first-order valence-electron chi connectivity index (χ1n) is 12.2. The van der Waals surface area contributed by atoms with Crippen molar-refractivity contribution < 1.29 is 9.53 Å². The molecule has 0 saturated heterocycles. The van der Waals surface area contributed by atoms with E-state index in [0.717, 1.165) is 17.5 Å². The standard InChI is InChI=1S/C28H29N5O2S/c1-18(2)15-19(16-29-27(36)33-26-14-8-7-13-25(26)31-32-33)30-28(34)35-17-24-22-11-5-3-9-20(22)21-10-4-6-12-23(21)24/h3-14,18-19,24H,15-17H2,1-2H3,(H,29,36)(H,30,34)/t19-/m0/s1. The molecule has 1 aliphatic rings. The third kappa shape index (κ3) is 4.95. The van der Waals surface area contributed by atoms with E-state index in [4.69, 9.17) is 17.0 Å². The molecule has 0 bridgehead atoms. The summed E-state index contributed by atoms with van der Waals surface area (Å²) in [6.45, 7) is 4.98. The molecular weight excluding hydrogens is 470 g/mol. The topological polar surface area (TPSA) is 81.1 Å². The molecule has 1 amide bonds. The molecule has 0 radical (unpaired) electrons. The number of benzene rings is 3. The predicted octanol–water partition coefficient (Wildman–Crippen LogP) is 5.11. The van der Waals surface area contributed by atoms with Gasteiger partial charge >= 0.3 is 6.09 Å². The lowest BCUT2D eigenvalue weighted by Crippen LogP contribution is -2.45. The number of fused-ring (bicyclic) bond motifs is 4. The Hall–Kier alpha value is -3.78. The molecule has 1 atom stereocenters. The summed E-state index contributed by atoms with van der Waals surface area (Å²) in [5.74, 6) is 0.407. The zero-order chi connectivity index (χ0) is 25.1. The Morgan fingerprint density at radius 1 is 1.00 bits per heavy atom.